The second-order valence-electron chi connectivity index (χ2n) is 11.5. The lowest BCUT2D eigenvalue weighted by Gasteiger charge is -2.20. The molecule has 0 bridgehead atoms. The molecule has 0 aliphatic rings. The van der Waals surface area contributed by atoms with Gasteiger partial charge in [-0.05, 0) is 87.4 Å². The molecule has 5 rings (SSSR count). The van der Waals surface area contributed by atoms with Crippen LogP contribution in [0.15, 0.2) is 122 Å². The molecule has 48 heavy (non-hydrogen) atoms. The zero-order chi connectivity index (χ0) is 32.1. The van der Waals surface area contributed by atoms with Crippen LogP contribution in [0.3, 0.4) is 0 Å². The van der Waals surface area contributed by atoms with E-state index in [2.05, 4.69) is 193 Å². The smallest absolute Gasteiger partial charge is 0.205 e. The molecule has 2 heterocycles. The van der Waals surface area contributed by atoms with Crippen LogP contribution in [0.1, 0.15) is 61.3 Å². The molecule has 3 aromatic carbocycles. The number of pyridine rings is 2. The van der Waals surface area contributed by atoms with E-state index < -0.39 is 0 Å². The molecule has 0 saturated heterocycles. The number of benzene rings is 3. The van der Waals surface area contributed by atoms with Crippen LogP contribution in [0.25, 0.3) is 24.3 Å². The van der Waals surface area contributed by atoms with E-state index in [1.54, 1.807) is 0 Å². The monoisotopic (exact) mass is 766 g/mol. The Hall–Kier alpha value is -4.00. The summed E-state index contributed by atoms with van der Waals surface area (Å²) < 4.78 is 4.66. The van der Waals surface area contributed by atoms with Crippen LogP contribution in [-0.4, -0.2) is 26.2 Å². The highest BCUT2D eigenvalue weighted by Crippen LogP contribution is 2.18. The fraction of sp³-hybridized carbons (Fsp3) is 0.238. The zero-order valence-electron chi connectivity index (χ0n) is 28.6. The highest BCUT2D eigenvalue weighted by atomic mass is 79.9. The summed E-state index contributed by atoms with van der Waals surface area (Å²) in [4.78, 5) is 4.74. The van der Waals surface area contributed by atoms with E-state index >= 15 is 0 Å². The van der Waals surface area contributed by atoms with Gasteiger partial charge < -0.3 is 43.8 Å². The van der Waals surface area contributed by atoms with Crippen LogP contribution in [0.2, 0.25) is 0 Å². The summed E-state index contributed by atoms with van der Waals surface area (Å²) >= 11 is 0. The van der Waals surface area contributed by atoms with Crippen LogP contribution >= 0.6 is 0 Å². The Morgan fingerprint density at radius 3 is 1.15 bits per heavy atom. The molecule has 0 amide bonds. The van der Waals surface area contributed by atoms with Crippen LogP contribution in [0, 0.1) is 0 Å². The van der Waals surface area contributed by atoms with Crippen molar-refractivity contribution in [3.8, 4) is 0 Å². The molecule has 0 spiro atoms. The molecule has 0 N–H and O–H groups in total. The lowest BCUT2D eigenvalue weighted by Crippen LogP contribution is -3.00. The zero-order valence-corrected chi connectivity index (χ0v) is 31.8. The highest BCUT2D eigenvalue weighted by Gasteiger charge is 2.16. The van der Waals surface area contributed by atoms with Crippen molar-refractivity contribution in [1.29, 1.82) is 0 Å². The quantitative estimate of drug-likeness (QED) is 0.162. The van der Waals surface area contributed by atoms with Crippen LogP contribution in [0.5, 0.6) is 0 Å². The molecule has 0 unspecified atom stereocenters. The summed E-state index contributed by atoms with van der Waals surface area (Å²) in [6.45, 7) is 14.5. The van der Waals surface area contributed by atoms with Crippen molar-refractivity contribution in [3.05, 3.63) is 155 Å². The van der Waals surface area contributed by atoms with Gasteiger partial charge in [0.2, 0.25) is 11.4 Å². The van der Waals surface area contributed by atoms with Gasteiger partial charge in [-0.15, -0.1) is 0 Å². The average molecular weight is 769 g/mol. The van der Waals surface area contributed by atoms with Crippen molar-refractivity contribution >= 4 is 35.7 Å². The summed E-state index contributed by atoms with van der Waals surface area (Å²) in [5.41, 5.74) is 9.92. The van der Waals surface area contributed by atoms with Crippen LogP contribution < -0.4 is 52.9 Å². The minimum atomic E-state index is 0. The molecule has 0 aliphatic heterocycles. The van der Waals surface area contributed by atoms with Gasteiger partial charge >= 0.3 is 0 Å². The summed E-state index contributed by atoms with van der Waals surface area (Å²) in [7, 11) is 0. The van der Waals surface area contributed by atoms with Crippen LogP contribution in [0.4, 0.5) is 11.4 Å². The molecule has 250 valence electrons. The number of hydrogen-bond donors (Lipinski definition) is 0. The predicted octanol–water partition coefficient (Wildman–Crippen LogP) is 2.40. The third-order valence-electron chi connectivity index (χ3n) is 8.69. The number of aromatic nitrogens is 2. The minimum absolute atomic E-state index is 0. The Labute approximate surface area is 309 Å². The average Bonchev–Trinajstić information content (AvgIpc) is 3.10. The summed E-state index contributed by atoms with van der Waals surface area (Å²) in [6, 6.07) is 39.3. The molecule has 0 aliphatic carbocycles. The molecular weight excluding hydrogens is 720 g/mol. The van der Waals surface area contributed by atoms with Gasteiger partial charge in [0.1, 0.15) is 0 Å². The highest BCUT2D eigenvalue weighted by molar-refractivity contribution is 5.69. The second kappa shape index (κ2) is 19.7. The molecule has 0 fully saturated rings. The topological polar surface area (TPSA) is 14.2 Å². The number of rotatable bonds is 14. The number of nitrogens with zero attached hydrogens (tertiary/aromatic N) is 4. The van der Waals surface area contributed by atoms with Gasteiger partial charge in [0.05, 0.1) is 0 Å². The normalized spacial score (nSPS) is 10.9. The Kier molecular flexibility index (Phi) is 15.8. The van der Waals surface area contributed by atoms with Crippen molar-refractivity contribution in [2.24, 2.45) is 0 Å². The van der Waals surface area contributed by atoms with Crippen molar-refractivity contribution in [3.63, 3.8) is 0 Å². The van der Waals surface area contributed by atoms with E-state index in [-0.39, 0.29) is 34.0 Å². The van der Waals surface area contributed by atoms with Crippen molar-refractivity contribution < 1.29 is 43.1 Å². The van der Waals surface area contributed by atoms with E-state index in [9.17, 15) is 0 Å². The lowest BCUT2D eigenvalue weighted by molar-refractivity contribution is -0.695. The maximum absolute atomic E-state index is 2.37. The molecular formula is C42H48Br2N4. The van der Waals surface area contributed by atoms with Crippen molar-refractivity contribution in [1.82, 2.24) is 0 Å². The van der Waals surface area contributed by atoms with E-state index in [4.69, 9.17) is 0 Å². The van der Waals surface area contributed by atoms with E-state index in [0.29, 0.717) is 0 Å². The summed E-state index contributed by atoms with van der Waals surface area (Å²) in [5, 5.41) is 0. The van der Waals surface area contributed by atoms with E-state index in [0.717, 1.165) is 39.3 Å². The predicted molar refractivity (Wildman–Crippen MR) is 196 cm³/mol. The maximum Gasteiger partial charge on any atom is 0.205 e. The van der Waals surface area contributed by atoms with E-state index in [1.165, 1.54) is 45.0 Å². The molecule has 0 saturated carbocycles. The Morgan fingerprint density at radius 1 is 0.438 bits per heavy atom. The third kappa shape index (κ3) is 10.2. The van der Waals surface area contributed by atoms with Gasteiger partial charge in [0, 0.05) is 85.1 Å². The van der Waals surface area contributed by atoms with Gasteiger partial charge in [-0.3, -0.25) is 0 Å². The van der Waals surface area contributed by atoms with Gasteiger partial charge in [0.15, 0.2) is 25.5 Å². The third-order valence-corrected chi connectivity index (χ3v) is 8.69. The fourth-order valence-electron chi connectivity index (χ4n) is 5.94. The first-order valence-corrected chi connectivity index (χ1v) is 16.7. The molecule has 2 aromatic heterocycles. The maximum atomic E-state index is 2.37. The Morgan fingerprint density at radius 2 is 0.792 bits per heavy atom. The summed E-state index contributed by atoms with van der Waals surface area (Å²) in [5.74, 6) is 0. The van der Waals surface area contributed by atoms with Crippen LogP contribution in [-0.2, 0) is 13.1 Å². The van der Waals surface area contributed by atoms with Gasteiger partial charge in [-0.1, -0.05) is 48.5 Å². The molecule has 0 atom stereocenters. The largest absolute Gasteiger partial charge is 1.00 e. The lowest BCUT2D eigenvalue weighted by atomic mass is 10.1. The Balaban J connectivity index is 0.00000312. The van der Waals surface area contributed by atoms with Gasteiger partial charge in [-0.25, -0.2) is 0 Å². The molecule has 4 nitrogen and oxygen atoms in total. The fourth-order valence-corrected chi connectivity index (χ4v) is 5.94. The number of halogens is 2. The first-order valence-electron chi connectivity index (χ1n) is 16.7. The Bertz CT molecular complexity index is 1610. The van der Waals surface area contributed by atoms with E-state index in [1.807, 2.05) is 0 Å². The first-order chi connectivity index (χ1) is 22.6. The van der Waals surface area contributed by atoms with Gasteiger partial charge in [-0.2, -0.15) is 9.13 Å². The van der Waals surface area contributed by atoms with Crippen molar-refractivity contribution in [2.45, 2.75) is 40.8 Å². The number of hydrogen-bond acceptors (Lipinski definition) is 2. The molecule has 6 heteroatoms. The molecule has 0 radical (unpaired) electrons. The second-order valence-corrected chi connectivity index (χ2v) is 11.5. The number of anilines is 2. The van der Waals surface area contributed by atoms with Gasteiger partial charge in [0.25, 0.3) is 0 Å². The minimum Gasteiger partial charge on any atom is -1.00 e. The van der Waals surface area contributed by atoms with Crippen molar-refractivity contribution in [2.75, 3.05) is 36.0 Å². The standard InChI is InChI=1S/C42H48N4.2BrH/c1-5-43(6-2)41-27-21-35(22-28-41)19-25-39-17-11-13-31-45(39)33-37-15-9-10-16-38(37)34-46-32-14-12-18-40(46)26-20-36-23-29-42(30-24-36)44(7-3)8-4;;/h9-32H,5-8,33-34H2,1-4H3;2*1H/q+2;;/p-2. The SMILES string of the molecule is CCN(CC)c1ccc(/C=C/c2cccc[n+]2Cc2ccccc2C[n+]2ccccc2/C=C/c2ccc(N(CC)CC)cc2)cc1.[Br-].[Br-]. The first kappa shape index (κ1) is 38.4. The summed E-state index contributed by atoms with van der Waals surface area (Å²) in [6.07, 6.45) is 13.2. The molecule has 5 aromatic rings.